The van der Waals surface area contributed by atoms with Gasteiger partial charge in [0.25, 0.3) is 5.91 Å². The molecule has 0 fully saturated rings. The maximum absolute atomic E-state index is 11.8. The summed E-state index contributed by atoms with van der Waals surface area (Å²) in [5.41, 5.74) is 6.01. The molecule has 0 aliphatic heterocycles. The number of hydrogen-bond acceptors (Lipinski definition) is 3. The molecule has 0 bridgehead atoms. The molecule has 2 N–H and O–H groups in total. The Morgan fingerprint density at radius 2 is 1.95 bits per heavy atom. The number of nitrogens with zero attached hydrogens (tertiary/aromatic N) is 1. The second-order valence-electron chi connectivity index (χ2n) is 6.37. The summed E-state index contributed by atoms with van der Waals surface area (Å²) in [6.07, 6.45) is 4.03. The highest BCUT2D eigenvalue weighted by atomic mass is 16.2. The molecule has 0 unspecified atom stereocenters. The Bertz CT molecular complexity index is 559. The van der Waals surface area contributed by atoms with Gasteiger partial charge in [0.15, 0.2) is 0 Å². The average Bonchev–Trinajstić information content (AvgIpc) is 2.42. The van der Waals surface area contributed by atoms with E-state index in [1.807, 2.05) is 30.3 Å². The van der Waals surface area contributed by atoms with E-state index in [-0.39, 0.29) is 17.9 Å². The van der Waals surface area contributed by atoms with Crippen LogP contribution in [0, 0.1) is 5.41 Å². The zero-order valence-corrected chi connectivity index (χ0v) is 12.9. The van der Waals surface area contributed by atoms with Crippen molar-refractivity contribution in [3.8, 4) is 0 Å². The molecule has 1 aromatic carbocycles. The van der Waals surface area contributed by atoms with Gasteiger partial charge in [-0.1, -0.05) is 37.6 Å². The molecule has 0 saturated heterocycles. The molecule has 2 rings (SSSR count). The quantitative estimate of drug-likeness (QED) is 0.834. The molecule has 0 heterocycles. The van der Waals surface area contributed by atoms with Gasteiger partial charge < -0.3 is 5.32 Å². The number of carbonyl (C=O) groups is 1. The summed E-state index contributed by atoms with van der Waals surface area (Å²) in [5.74, 6) is -0.138. The van der Waals surface area contributed by atoms with Crippen molar-refractivity contribution in [3.05, 3.63) is 42.0 Å². The summed E-state index contributed by atoms with van der Waals surface area (Å²) in [7, 11) is 0. The number of hydrogen-bond donors (Lipinski definition) is 2. The minimum Gasteiger partial charge on any atom is -0.376 e. The SMILES string of the molecule is CC1=C/C(=N/NC(=O)CNc2ccccc2)CC(C)(C)C1. The molecule has 1 aromatic rings. The molecule has 1 amide bonds. The fourth-order valence-electron chi connectivity index (χ4n) is 2.68. The van der Waals surface area contributed by atoms with E-state index in [0.29, 0.717) is 0 Å². The van der Waals surface area contributed by atoms with Crippen molar-refractivity contribution < 1.29 is 4.79 Å². The highest BCUT2D eigenvalue weighted by Crippen LogP contribution is 2.33. The number of amides is 1. The van der Waals surface area contributed by atoms with Gasteiger partial charge in [-0.05, 0) is 43.4 Å². The second-order valence-corrected chi connectivity index (χ2v) is 6.37. The molecule has 21 heavy (non-hydrogen) atoms. The van der Waals surface area contributed by atoms with Gasteiger partial charge >= 0.3 is 0 Å². The molecule has 0 radical (unpaired) electrons. The maximum atomic E-state index is 11.8. The van der Waals surface area contributed by atoms with Crippen LogP contribution in [0.5, 0.6) is 0 Å². The van der Waals surface area contributed by atoms with Crippen molar-refractivity contribution in [2.45, 2.75) is 33.6 Å². The summed E-state index contributed by atoms with van der Waals surface area (Å²) in [5, 5.41) is 7.30. The molecule has 1 aliphatic carbocycles. The highest BCUT2D eigenvalue weighted by Gasteiger charge is 2.24. The van der Waals surface area contributed by atoms with Crippen LogP contribution >= 0.6 is 0 Å². The zero-order valence-electron chi connectivity index (χ0n) is 12.9. The van der Waals surface area contributed by atoms with Crippen LogP contribution in [0.15, 0.2) is 47.1 Å². The van der Waals surface area contributed by atoms with Crippen molar-refractivity contribution in [1.29, 1.82) is 0 Å². The summed E-state index contributed by atoms with van der Waals surface area (Å²) in [6, 6.07) is 9.65. The van der Waals surface area contributed by atoms with E-state index in [2.05, 4.69) is 42.7 Å². The highest BCUT2D eigenvalue weighted by molar-refractivity contribution is 5.97. The molecule has 4 nitrogen and oxygen atoms in total. The molecular weight excluding hydrogens is 262 g/mol. The number of hydrazone groups is 1. The topological polar surface area (TPSA) is 53.5 Å². The Kier molecular flexibility index (Phi) is 4.78. The van der Waals surface area contributed by atoms with Crippen LogP contribution in [-0.4, -0.2) is 18.2 Å². The Balaban J connectivity index is 1.86. The molecule has 4 heteroatoms. The van der Waals surface area contributed by atoms with E-state index in [1.165, 1.54) is 5.57 Å². The third-order valence-corrected chi connectivity index (χ3v) is 3.38. The van der Waals surface area contributed by atoms with Gasteiger partial charge in [-0.3, -0.25) is 4.79 Å². The zero-order chi connectivity index (χ0) is 15.3. The predicted molar refractivity (Wildman–Crippen MR) is 87.3 cm³/mol. The van der Waals surface area contributed by atoms with Gasteiger partial charge in [0.1, 0.15) is 0 Å². The number of anilines is 1. The van der Waals surface area contributed by atoms with Crippen molar-refractivity contribution in [2.24, 2.45) is 10.5 Å². The lowest BCUT2D eigenvalue weighted by Gasteiger charge is -2.29. The lowest BCUT2D eigenvalue weighted by molar-refractivity contribution is -0.119. The van der Waals surface area contributed by atoms with Gasteiger partial charge in [0, 0.05) is 5.69 Å². The van der Waals surface area contributed by atoms with Gasteiger partial charge in [0.2, 0.25) is 0 Å². The summed E-state index contributed by atoms with van der Waals surface area (Å²) in [4.78, 5) is 11.8. The Hall–Kier alpha value is -2.10. The van der Waals surface area contributed by atoms with Crippen LogP contribution in [0.2, 0.25) is 0 Å². The fourth-order valence-corrected chi connectivity index (χ4v) is 2.68. The standard InChI is InChI=1S/C17H23N3O/c1-13-9-15(11-17(2,3)10-13)19-20-16(21)12-18-14-7-5-4-6-8-14/h4-9,18H,10-12H2,1-3H3,(H,20,21)/b19-15-. The molecule has 1 aliphatic rings. The molecule has 112 valence electrons. The van der Waals surface area contributed by atoms with E-state index in [9.17, 15) is 4.79 Å². The van der Waals surface area contributed by atoms with Gasteiger partial charge in [-0.2, -0.15) is 5.10 Å². The number of para-hydroxylation sites is 1. The van der Waals surface area contributed by atoms with E-state index in [0.717, 1.165) is 24.2 Å². The lowest BCUT2D eigenvalue weighted by atomic mass is 9.77. The number of rotatable bonds is 4. The first-order valence-corrected chi connectivity index (χ1v) is 7.26. The van der Waals surface area contributed by atoms with Crippen molar-refractivity contribution >= 4 is 17.3 Å². The van der Waals surface area contributed by atoms with Crippen molar-refractivity contribution in [3.63, 3.8) is 0 Å². The first kappa shape index (κ1) is 15.3. The van der Waals surface area contributed by atoms with Gasteiger partial charge in [-0.15, -0.1) is 0 Å². The number of carbonyl (C=O) groups excluding carboxylic acids is 1. The summed E-state index contributed by atoms with van der Waals surface area (Å²) < 4.78 is 0. The molecular formula is C17H23N3O. The van der Waals surface area contributed by atoms with Crippen LogP contribution in [0.4, 0.5) is 5.69 Å². The summed E-state index contributed by atoms with van der Waals surface area (Å²) >= 11 is 0. The largest absolute Gasteiger partial charge is 0.376 e. The van der Waals surface area contributed by atoms with E-state index in [4.69, 9.17) is 0 Å². The van der Waals surface area contributed by atoms with Crippen LogP contribution in [0.25, 0.3) is 0 Å². The monoisotopic (exact) mass is 285 g/mol. The Morgan fingerprint density at radius 1 is 1.24 bits per heavy atom. The van der Waals surface area contributed by atoms with Crippen LogP contribution in [0.1, 0.15) is 33.6 Å². The second kappa shape index (κ2) is 6.57. The average molecular weight is 285 g/mol. The van der Waals surface area contributed by atoms with Crippen LogP contribution in [0.3, 0.4) is 0 Å². The first-order chi connectivity index (χ1) is 9.94. The third kappa shape index (κ3) is 5.06. The predicted octanol–water partition coefficient (Wildman–Crippen LogP) is 3.34. The Morgan fingerprint density at radius 3 is 2.62 bits per heavy atom. The number of nitrogens with one attached hydrogen (secondary N) is 2. The van der Waals surface area contributed by atoms with Crippen LogP contribution < -0.4 is 10.7 Å². The van der Waals surface area contributed by atoms with Crippen molar-refractivity contribution in [1.82, 2.24) is 5.43 Å². The number of benzene rings is 1. The third-order valence-electron chi connectivity index (χ3n) is 3.38. The fraction of sp³-hybridized carbons (Fsp3) is 0.412. The normalized spacial score (nSPS) is 19.0. The van der Waals surface area contributed by atoms with E-state index >= 15 is 0 Å². The number of allylic oxidation sites excluding steroid dienone is 2. The Labute approximate surface area is 126 Å². The summed E-state index contributed by atoms with van der Waals surface area (Å²) in [6.45, 7) is 6.76. The minimum absolute atomic E-state index is 0.138. The molecule has 0 atom stereocenters. The molecule has 0 spiro atoms. The smallest absolute Gasteiger partial charge is 0.259 e. The van der Waals surface area contributed by atoms with Crippen molar-refractivity contribution in [2.75, 3.05) is 11.9 Å². The molecule has 0 aromatic heterocycles. The van der Waals surface area contributed by atoms with E-state index in [1.54, 1.807) is 0 Å². The molecule has 0 saturated carbocycles. The lowest BCUT2D eigenvalue weighted by Crippen LogP contribution is -2.28. The van der Waals surface area contributed by atoms with Gasteiger partial charge in [0.05, 0.1) is 12.3 Å². The van der Waals surface area contributed by atoms with Gasteiger partial charge in [-0.25, -0.2) is 5.43 Å². The first-order valence-electron chi connectivity index (χ1n) is 7.26. The van der Waals surface area contributed by atoms with Crippen LogP contribution in [-0.2, 0) is 4.79 Å². The maximum Gasteiger partial charge on any atom is 0.259 e. The minimum atomic E-state index is -0.138. The van der Waals surface area contributed by atoms with E-state index < -0.39 is 0 Å².